The Morgan fingerprint density at radius 3 is 2.71 bits per heavy atom. The van der Waals surface area contributed by atoms with E-state index in [9.17, 15) is 13.2 Å². The van der Waals surface area contributed by atoms with Gasteiger partial charge in [-0.2, -0.15) is 5.26 Å². The Morgan fingerprint density at radius 2 is 2.21 bits per heavy atom. The fourth-order valence-corrected chi connectivity index (χ4v) is 1.36. The van der Waals surface area contributed by atoms with E-state index in [4.69, 9.17) is 5.26 Å². The molecule has 0 heterocycles. The molecule has 0 fully saturated rings. The van der Waals surface area contributed by atoms with Crippen molar-refractivity contribution in [3.63, 3.8) is 0 Å². The summed E-state index contributed by atoms with van der Waals surface area (Å²) in [6.45, 7) is 0. The van der Waals surface area contributed by atoms with E-state index >= 15 is 0 Å². The molecule has 0 bridgehead atoms. The predicted molar refractivity (Wildman–Crippen MR) is 43.7 cm³/mol. The Bertz CT molecular complexity index is 391. The maximum atomic E-state index is 12.9. The Hall–Kier alpha value is -0.250. The second-order valence-corrected chi connectivity index (χ2v) is 3.26. The van der Waals surface area contributed by atoms with Gasteiger partial charge in [-0.3, -0.25) is 4.21 Å². The zero-order chi connectivity index (χ0) is 9.84. The van der Waals surface area contributed by atoms with Crippen LogP contribution in [0.3, 0.4) is 0 Å². The summed E-state index contributed by atoms with van der Waals surface area (Å²) in [6, 6.07) is 5.41. The van der Waals surface area contributed by atoms with Crippen molar-refractivity contribution in [2.24, 2.45) is 0 Å². The fourth-order valence-electron chi connectivity index (χ4n) is 0.882. The molecule has 0 aliphatic carbocycles. The van der Waals surface area contributed by atoms with E-state index in [1.807, 2.05) is 0 Å². The van der Waals surface area contributed by atoms with Crippen LogP contribution >= 0.6 is 0 Å². The van der Waals surface area contributed by atoms with E-state index < -0.39 is 22.7 Å². The fraction of sp³-hybridized carbons (Fsp3) is 0.125. The Kier molecular flexibility index (Phi) is 6.16. The first-order valence-corrected chi connectivity index (χ1v) is 4.62. The molecule has 0 aromatic heterocycles. The number of rotatable bonds is 2. The third-order valence-electron chi connectivity index (χ3n) is 1.45. The van der Waals surface area contributed by atoms with Crippen molar-refractivity contribution in [3.8, 4) is 6.07 Å². The van der Waals surface area contributed by atoms with E-state index in [-0.39, 0.29) is 40.7 Å². The normalized spacial score (nSPS) is 11.2. The number of nitriles is 1. The van der Waals surface area contributed by atoms with Gasteiger partial charge >= 0.3 is 29.6 Å². The average molecular weight is 221 g/mol. The van der Waals surface area contributed by atoms with E-state index in [1.54, 1.807) is 6.07 Å². The Labute approximate surface area is 106 Å². The standard InChI is InChI=1S/C8H6FNO2S.Na/c9-8-2-1-6(4-10)3-7(8)5-13(11)12;/h1-3H,5H2,(H,11,12);/q;+1/p-1. The SMILES string of the molecule is N#Cc1ccc(F)c(CS(=O)[O-])c1.[Na+]. The van der Waals surface area contributed by atoms with Crippen molar-refractivity contribution in [1.29, 1.82) is 5.26 Å². The smallest absolute Gasteiger partial charge is 0.772 e. The molecular weight excluding hydrogens is 216 g/mol. The summed E-state index contributed by atoms with van der Waals surface area (Å²) < 4.78 is 33.4. The second kappa shape index (κ2) is 6.27. The molecule has 0 amide bonds. The van der Waals surface area contributed by atoms with Crippen LogP contribution in [0.5, 0.6) is 0 Å². The van der Waals surface area contributed by atoms with Crippen LogP contribution in [0.25, 0.3) is 0 Å². The third kappa shape index (κ3) is 3.86. The average Bonchev–Trinajstić information content (AvgIpc) is 2.08. The zero-order valence-electron chi connectivity index (χ0n) is 7.49. The van der Waals surface area contributed by atoms with E-state index in [0.29, 0.717) is 0 Å². The predicted octanol–water partition coefficient (Wildman–Crippen LogP) is -1.92. The van der Waals surface area contributed by atoms with E-state index in [2.05, 4.69) is 0 Å². The van der Waals surface area contributed by atoms with Gasteiger partial charge < -0.3 is 4.55 Å². The molecule has 1 atom stereocenters. The molecule has 1 rings (SSSR count). The summed E-state index contributed by atoms with van der Waals surface area (Å²) in [5, 5.41) is 8.46. The molecule has 0 saturated heterocycles. The number of hydrogen-bond donors (Lipinski definition) is 0. The molecule has 68 valence electrons. The number of halogens is 1. The maximum absolute atomic E-state index is 12.9. The van der Waals surface area contributed by atoms with Gasteiger partial charge in [0.25, 0.3) is 0 Å². The monoisotopic (exact) mass is 221 g/mol. The first-order chi connectivity index (χ1) is 6.13. The summed E-state index contributed by atoms with van der Waals surface area (Å²) in [7, 11) is 0. The minimum Gasteiger partial charge on any atom is -0.772 e. The molecule has 0 radical (unpaired) electrons. The third-order valence-corrected chi connectivity index (χ3v) is 1.99. The van der Waals surface area contributed by atoms with Gasteiger partial charge in [0.2, 0.25) is 0 Å². The van der Waals surface area contributed by atoms with Crippen molar-refractivity contribution in [2.45, 2.75) is 5.75 Å². The van der Waals surface area contributed by atoms with Crippen LogP contribution in [0, 0.1) is 17.1 Å². The van der Waals surface area contributed by atoms with Gasteiger partial charge in [0.1, 0.15) is 5.82 Å². The summed E-state index contributed by atoms with van der Waals surface area (Å²) in [6.07, 6.45) is 0. The van der Waals surface area contributed by atoms with Gasteiger partial charge in [0.05, 0.1) is 11.6 Å². The topological polar surface area (TPSA) is 63.9 Å². The molecule has 0 aliphatic rings. The van der Waals surface area contributed by atoms with Gasteiger partial charge in [-0.05, 0) is 18.2 Å². The van der Waals surface area contributed by atoms with Gasteiger partial charge in [0.15, 0.2) is 0 Å². The largest absolute Gasteiger partial charge is 1.00 e. The van der Waals surface area contributed by atoms with E-state index in [1.165, 1.54) is 12.1 Å². The van der Waals surface area contributed by atoms with E-state index in [0.717, 1.165) is 6.07 Å². The number of nitrogens with zero attached hydrogens (tertiary/aromatic N) is 1. The van der Waals surface area contributed by atoms with Crippen molar-refractivity contribution in [2.75, 3.05) is 0 Å². The minimum atomic E-state index is -2.34. The summed E-state index contributed by atoms with van der Waals surface area (Å²) in [4.78, 5) is 0. The molecule has 0 spiro atoms. The van der Waals surface area contributed by atoms with Gasteiger partial charge in [-0.15, -0.1) is 0 Å². The first-order valence-electron chi connectivity index (χ1n) is 3.38. The Morgan fingerprint density at radius 1 is 1.57 bits per heavy atom. The zero-order valence-corrected chi connectivity index (χ0v) is 10.3. The van der Waals surface area contributed by atoms with Crippen LogP contribution in [0.4, 0.5) is 4.39 Å². The molecule has 1 aromatic carbocycles. The molecule has 1 aromatic rings. The molecular formula is C8H5FNNaO2S. The molecule has 3 nitrogen and oxygen atoms in total. The van der Waals surface area contributed by atoms with Gasteiger partial charge in [-0.1, -0.05) is 11.1 Å². The molecule has 6 heteroatoms. The van der Waals surface area contributed by atoms with Gasteiger partial charge in [-0.25, -0.2) is 4.39 Å². The summed E-state index contributed by atoms with van der Waals surface area (Å²) in [5.41, 5.74) is 0.272. The number of benzene rings is 1. The first kappa shape index (κ1) is 13.8. The van der Waals surface area contributed by atoms with Crippen molar-refractivity contribution >= 4 is 11.1 Å². The van der Waals surface area contributed by atoms with Crippen LogP contribution in [-0.4, -0.2) is 8.76 Å². The minimum absolute atomic E-state index is 0. The van der Waals surface area contributed by atoms with Gasteiger partial charge in [0, 0.05) is 11.3 Å². The van der Waals surface area contributed by atoms with Crippen LogP contribution in [-0.2, 0) is 16.8 Å². The summed E-state index contributed by atoms with van der Waals surface area (Å²) >= 11 is -2.34. The molecule has 1 unspecified atom stereocenters. The molecule has 0 N–H and O–H groups in total. The van der Waals surface area contributed by atoms with Crippen LogP contribution < -0.4 is 29.6 Å². The summed E-state index contributed by atoms with van der Waals surface area (Å²) in [5.74, 6) is -1.01. The second-order valence-electron chi connectivity index (χ2n) is 2.37. The molecule has 0 aliphatic heterocycles. The van der Waals surface area contributed by atoms with Crippen molar-refractivity contribution < 1.29 is 42.7 Å². The van der Waals surface area contributed by atoms with Crippen LogP contribution in [0.2, 0.25) is 0 Å². The van der Waals surface area contributed by atoms with Crippen molar-refractivity contribution in [1.82, 2.24) is 0 Å². The Balaban J connectivity index is 0.00000169. The maximum Gasteiger partial charge on any atom is 1.00 e. The van der Waals surface area contributed by atoms with Crippen LogP contribution in [0.1, 0.15) is 11.1 Å². The number of hydrogen-bond acceptors (Lipinski definition) is 3. The van der Waals surface area contributed by atoms with Crippen molar-refractivity contribution in [3.05, 3.63) is 35.1 Å². The quantitative estimate of drug-likeness (QED) is 0.432. The molecule has 0 saturated carbocycles. The molecule has 14 heavy (non-hydrogen) atoms. The van der Waals surface area contributed by atoms with Crippen LogP contribution in [0.15, 0.2) is 18.2 Å².